The highest BCUT2D eigenvalue weighted by Gasteiger charge is 2.14. The van der Waals surface area contributed by atoms with Crippen LogP contribution in [-0.4, -0.2) is 42.4 Å². The van der Waals surface area contributed by atoms with Gasteiger partial charge in [-0.1, -0.05) is 0 Å². The molecular formula is C18H20N2O6. The molecule has 8 nitrogen and oxygen atoms in total. The van der Waals surface area contributed by atoms with E-state index < -0.39 is 23.7 Å². The second kappa shape index (κ2) is 8.80. The van der Waals surface area contributed by atoms with E-state index in [9.17, 15) is 14.4 Å². The average molecular weight is 360 g/mol. The Bertz CT molecular complexity index is 859. The van der Waals surface area contributed by atoms with E-state index in [4.69, 9.17) is 14.2 Å². The number of nitrogens with zero attached hydrogens (tertiary/aromatic N) is 2. The van der Waals surface area contributed by atoms with Gasteiger partial charge in [0.1, 0.15) is 13.0 Å². The van der Waals surface area contributed by atoms with E-state index in [1.807, 2.05) is 0 Å². The van der Waals surface area contributed by atoms with Gasteiger partial charge >= 0.3 is 5.97 Å². The summed E-state index contributed by atoms with van der Waals surface area (Å²) in [6.45, 7) is 1.54. The van der Waals surface area contributed by atoms with Crippen LogP contribution in [0.15, 0.2) is 35.1 Å². The highest BCUT2D eigenvalue weighted by atomic mass is 16.5. The molecule has 0 radical (unpaired) electrons. The number of carbonyl (C=O) groups excluding carboxylic acids is 2. The lowest BCUT2D eigenvalue weighted by atomic mass is 10.1. The van der Waals surface area contributed by atoms with E-state index in [-0.39, 0.29) is 13.2 Å². The van der Waals surface area contributed by atoms with Crippen LogP contribution in [0.25, 0.3) is 11.3 Å². The topological polar surface area (TPSA) is 96.7 Å². The summed E-state index contributed by atoms with van der Waals surface area (Å²) >= 11 is 0. The largest absolute Gasteiger partial charge is 0.493 e. The quantitative estimate of drug-likeness (QED) is 0.519. The van der Waals surface area contributed by atoms with Gasteiger partial charge in [-0.15, -0.1) is 0 Å². The first-order valence-electron chi connectivity index (χ1n) is 7.96. The second-order valence-corrected chi connectivity index (χ2v) is 5.30. The molecule has 0 saturated carbocycles. The lowest BCUT2D eigenvalue weighted by Gasteiger charge is -2.10. The third-order valence-electron chi connectivity index (χ3n) is 3.52. The number of aromatic nitrogens is 2. The zero-order valence-electron chi connectivity index (χ0n) is 14.9. The average Bonchev–Trinajstić information content (AvgIpc) is 2.63. The van der Waals surface area contributed by atoms with Gasteiger partial charge < -0.3 is 14.2 Å². The van der Waals surface area contributed by atoms with Gasteiger partial charge in [-0.2, -0.15) is 5.10 Å². The fourth-order valence-corrected chi connectivity index (χ4v) is 2.31. The number of Topliss-reactive ketones (excluding diaryl/α,β-unsaturated/α-hetero) is 1. The number of ether oxygens (including phenoxy) is 3. The van der Waals surface area contributed by atoms with Crippen LogP contribution in [0, 0.1) is 0 Å². The van der Waals surface area contributed by atoms with Crippen LogP contribution in [0.5, 0.6) is 11.5 Å². The SMILES string of the molecule is CCOC(=O)CC(=O)Cn1nc(-c2ccc(OC)c(OC)c2)ccc1=O. The van der Waals surface area contributed by atoms with Gasteiger partial charge in [0.25, 0.3) is 5.56 Å². The Morgan fingerprint density at radius 2 is 1.81 bits per heavy atom. The molecular weight excluding hydrogens is 340 g/mol. The van der Waals surface area contributed by atoms with Gasteiger partial charge in [0.15, 0.2) is 17.3 Å². The molecule has 0 spiro atoms. The maximum Gasteiger partial charge on any atom is 0.313 e. The summed E-state index contributed by atoms with van der Waals surface area (Å²) in [6, 6.07) is 8.07. The number of hydrogen-bond donors (Lipinski definition) is 0. The van der Waals surface area contributed by atoms with E-state index in [0.29, 0.717) is 22.8 Å². The van der Waals surface area contributed by atoms with Crippen molar-refractivity contribution in [2.75, 3.05) is 20.8 Å². The van der Waals surface area contributed by atoms with E-state index in [0.717, 1.165) is 4.68 Å². The molecule has 2 aromatic rings. The summed E-state index contributed by atoms with van der Waals surface area (Å²) in [5, 5.41) is 4.20. The maximum atomic E-state index is 12.0. The minimum atomic E-state index is -0.624. The maximum absolute atomic E-state index is 12.0. The van der Waals surface area contributed by atoms with Crippen molar-refractivity contribution in [1.82, 2.24) is 9.78 Å². The number of methoxy groups -OCH3 is 2. The summed E-state index contributed by atoms with van der Waals surface area (Å²) in [4.78, 5) is 35.3. The zero-order chi connectivity index (χ0) is 19.1. The highest BCUT2D eigenvalue weighted by molar-refractivity contribution is 5.95. The first-order valence-corrected chi connectivity index (χ1v) is 7.96. The van der Waals surface area contributed by atoms with Crippen LogP contribution in [0.3, 0.4) is 0 Å². The molecule has 1 aromatic carbocycles. The molecule has 0 aliphatic rings. The molecule has 1 heterocycles. The summed E-state index contributed by atoms with van der Waals surface area (Å²) in [5.41, 5.74) is 0.732. The molecule has 26 heavy (non-hydrogen) atoms. The fraction of sp³-hybridized carbons (Fsp3) is 0.333. The van der Waals surface area contributed by atoms with Gasteiger partial charge in [0.2, 0.25) is 0 Å². The molecule has 0 aliphatic heterocycles. The van der Waals surface area contributed by atoms with Gasteiger partial charge in [-0.25, -0.2) is 4.68 Å². The third-order valence-corrected chi connectivity index (χ3v) is 3.52. The molecule has 0 atom stereocenters. The molecule has 0 bridgehead atoms. The molecule has 0 fully saturated rings. The van der Waals surface area contributed by atoms with Gasteiger partial charge in [0, 0.05) is 11.6 Å². The second-order valence-electron chi connectivity index (χ2n) is 5.30. The molecule has 0 N–H and O–H groups in total. The predicted molar refractivity (Wildman–Crippen MR) is 93.3 cm³/mol. The first kappa shape index (κ1) is 19.2. The normalized spacial score (nSPS) is 10.3. The molecule has 0 unspecified atom stereocenters. The zero-order valence-corrected chi connectivity index (χ0v) is 14.9. The van der Waals surface area contributed by atoms with E-state index >= 15 is 0 Å². The highest BCUT2D eigenvalue weighted by Crippen LogP contribution is 2.31. The lowest BCUT2D eigenvalue weighted by molar-refractivity contribution is -0.145. The van der Waals surface area contributed by atoms with Crippen molar-refractivity contribution in [3.05, 3.63) is 40.7 Å². The fourth-order valence-electron chi connectivity index (χ4n) is 2.31. The Kier molecular flexibility index (Phi) is 6.48. The molecule has 0 aliphatic carbocycles. The van der Waals surface area contributed by atoms with Crippen molar-refractivity contribution >= 4 is 11.8 Å². The van der Waals surface area contributed by atoms with Crippen LogP contribution in [0.1, 0.15) is 13.3 Å². The minimum absolute atomic E-state index is 0.194. The number of carbonyl (C=O) groups is 2. The van der Waals surface area contributed by atoms with Crippen molar-refractivity contribution in [3.8, 4) is 22.8 Å². The van der Waals surface area contributed by atoms with Crippen molar-refractivity contribution in [3.63, 3.8) is 0 Å². The summed E-state index contributed by atoms with van der Waals surface area (Å²) in [6.07, 6.45) is -0.400. The predicted octanol–water partition coefficient (Wildman–Crippen LogP) is 1.45. The number of hydrogen-bond acceptors (Lipinski definition) is 7. The molecule has 138 valence electrons. The lowest BCUT2D eigenvalue weighted by Crippen LogP contribution is -2.27. The number of esters is 1. The van der Waals surface area contributed by atoms with Gasteiger partial charge in [-0.3, -0.25) is 14.4 Å². The van der Waals surface area contributed by atoms with Crippen molar-refractivity contribution in [1.29, 1.82) is 0 Å². The van der Waals surface area contributed by atoms with Gasteiger partial charge in [-0.05, 0) is 31.2 Å². The summed E-state index contributed by atoms with van der Waals surface area (Å²) in [7, 11) is 3.05. The van der Waals surface area contributed by atoms with E-state index in [1.54, 1.807) is 31.2 Å². The van der Waals surface area contributed by atoms with Crippen LogP contribution in [-0.2, 0) is 20.9 Å². The van der Waals surface area contributed by atoms with Crippen LogP contribution in [0.4, 0.5) is 0 Å². The van der Waals surface area contributed by atoms with E-state index in [2.05, 4.69) is 5.10 Å². The number of ketones is 1. The van der Waals surface area contributed by atoms with Gasteiger partial charge in [0.05, 0.1) is 26.5 Å². The van der Waals surface area contributed by atoms with Crippen molar-refractivity contribution < 1.29 is 23.8 Å². The molecule has 8 heteroatoms. The number of benzene rings is 1. The van der Waals surface area contributed by atoms with E-state index in [1.165, 1.54) is 20.3 Å². The monoisotopic (exact) mass is 360 g/mol. The standard InChI is InChI=1S/C18H20N2O6/c1-4-26-18(23)10-13(21)11-20-17(22)8-6-14(19-20)12-5-7-15(24-2)16(9-12)25-3/h5-9H,4,10-11H2,1-3H3. The van der Waals surface area contributed by atoms with Crippen LogP contribution < -0.4 is 15.0 Å². The molecule has 0 saturated heterocycles. The number of rotatable bonds is 8. The minimum Gasteiger partial charge on any atom is -0.493 e. The van der Waals surface area contributed by atoms with Crippen molar-refractivity contribution in [2.24, 2.45) is 0 Å². The summed E-state index contributed by atoms with van der Waals surface area (Å²) in [5.74, 6) is 0.00114. The molecule has 0 amide bonds. The third kappa shape index (κ3) is 4.69. The Hall–Kier alpha value is -3.16. The smallest absolute Gasteiger partial charge is 0.313 e. The molecule has 2 rings (SSSR count). The van der Waals surface area contributed by atoms with Crippen molar-refractivity contribution in [2.45, 2.75) is 19.9 Å². The Balaban J connectivity index is 2.26. The first-order chi connectivity index (χ1) is 12.5. The van der Waals surface area contributed by atoms with Crippen LogP contribution >= 0.6 is 0 Å². The Morgan fingerprint density at radius 3 is 2.46 bits per heavy atom. The summed E-state index contributed by atoms with van der Waals surface area (Å²) < 4.78 is 16.2. The molecule has 1 aromatic heterocycles. The van der Waals surface area contributed by atoms with Crippen LogP contribution in [0.2, 0.25) is 0 Å². The Labute approximate surface area is 150 Å². The Morgan fingerprint density at radius 1 is 1.08 bits per heavy atom.